The molecule has 0 fully saturated rings. The van der Waals surface area contributed by atoms with Crippen LogP contribution >= 0.6 is 0 Å². The van der Waals surface area contributed by atoms with E-state index >= 15 is 0 Å². The van der Waals surface area contributed by atoms with Crippen LogP contribution < -0.4 is 5.32 Å². The molecule has 0 aliphatic carbocycles. The maximum absolute atomic E-state index is 11.7. The van der Waals surface area contributed by atoms with E-state index in [1.165, 1.54) is 0 Å². The molecule has 1 heterocycles. The number of hydrogen-bond acceptors (Lipinski definition) is 4. The lowest BCUT2D eigenvalue weighted by Crippen LogP contribution is -2.36. The van der Waals surface area contributed by atoms with Gasteiger partial charge in [-0.3, -0.25) is 14.4 Å². The molecule has 0 atom stereocenters. The topological polar surface area (TPSA) is 70.4 Å². The molecule has 0 aliphatic heterocycles. The SMILES string of the molecule is CCNC(=O)CN(CC)Cc1c(C)nn(CCO)c1C. The first-order valence-electron chi connectivity index (χ1n) is 7.16. The molecule has 2 N–H and O–H groups in total. The third-order valence-electron chi connectivity index (χ3n) is 3.41. The summed E-state index contributed by atoms with van der Waals surface area (Å²) in [5.41, 5.74) is 3.17. The summed E-state index contributed by atoms with van der Waals surface area (Å²) in [5.74, 6) is 0.0485. The minimum atomic E-state index is 0.0485. The van der Waals surface area contributed by atoms with Gasteiger partial charge < -0.3 is 10.4 Å². The third-order valence-corrected chi connectivity index (χ3v) is 3.41. The highest BCUT2D eigenvalue weighted by Gasteiger charge is 2.16. The number of amides is 1. The van der Waals surface area contributed by atoms with Gasteiger partial charge in [0.15, 0.2) is 0 Å². The van der Waals surface area contributed by atoms with Crippen LogP contribution in [0.25, 0.3) is 0 Å². The summed E-state index contributed by atoms with van der Waals surface area (Å²) < 4.78 is 1.82. The number of carbonyl (C=O) groups excluding carboxylic acids is 1. The molecule has 6 nitrogen and oxygen atoms in total. The summed E-state index contributed by atoms with van der Waals surface area (Å²) in [6.45, 7) is 11.1. The zero-order valence-electron chi connectivity index (χ0n) is 12.9. The number of nitrogens with zero attached hydrogens (tertiary/aromatic N) is 3. The lowest BCUT2D eigenvalue weighted by molar-refractivity contribution is -0.122. The fourth-order valence-corrected chi connectivity index (χ4v) is 2.23. The smallest absolute Gasteiger partial charge is 0.234 e. The molecule has 1 aromatic heterocycles. The largest absolute Gasteiger partial charge is 0.394 e. The molecular weight excluding hydrogens is 256 g/mol. The Morgan fingerprint density at radius 2 is 2.10 bits per heavy atom. The zero-order chi connectivity index (χ0) is 15.1. The number of nitrogens with one attached hydrogen (secondary N) is 1. The molecule has 1 aromatic rings. The van der Waals surface area contributed by atoms with Crippen LogP contribution in [-0.2, 0) is 17.9 Å². The Morgan fingerprint density at radius 3 is 2.65 bits per heavy atom. The Kier molecular flexibility index (Phi) is 6.67. The quantitative estimate of drug-likeness (QED) is 0.726. The highest BCUT2D eigenvalue weighted by molar-refractivity contribution is 5.77. The maximum Gasteiger partial charge on any atom is 0.234 e. The number of rotatable bonds is 8. The van der Waals surface area contributed by atoms with E-state index < -0.39 is 0 Å². The first-order valence-corrected chi connectivity index (χ1v) is 7.16. The average molecular weight is 282 g/mol. The Balaban J connectivity index is 2.77. The van der Waals surface area contributed by atoms with Gasteiger partial charge in [-0.15, -0.1) is 0 Å². The number of aromatic nitrogens is 2. The summed E-state index contributed by atoms with van der Waals surface area (Å²) in [4.78, 5) is 13.8. The van der Waals surface area contributed by atoms with E-state index in [2.05, 4.69) is 15.3 Å². The highest BCUT2D eigenvalue weighted by Crippen LogP contribution is 2.15. The standard InChI is InChI=1S/C14H26N4O2/c1-5-15-14(20)10-17(6-2)9-13-11(3)16-18(7-8-19)12(13)4/h19H,5-10H2,1-4H3,(H,15,20). The van der Waals surface area contributed by atoms with Crippen LogP contribution in [0.1, 0.15) is 30.8 Å². The van der Waals surface area contributed by atoms with Crippen LogP contribution in [-0.4, -0.2) is 51.9 Å². The molecule has 6 heteroatoms. The molecule has 0 aromatic carbocycles. The maximum atomic E-state index is 11.7. The van der Waals surface area contributed by atoms with Crippen LogP contribution in [0.4, 0.5) is 0 Å². The van der Waals surface area contributed by atoms with Crippen LogP contribution in [0.15, 0.2) is 0 Å². The summed E-state index contributed by atoms with van der Waals surface area (Å²) >= 11 is 0. The van der Waals surface area contributed by atoms with Gasteiger partial charge in [-0.05, 0) is 27.3 Å². The van der Waals surface area contributed by atoms with Gasteiger partial charge in [-0.25, -0.2) is 0 Å². The van der Waals surface area contributed by atoms with Crippen LogP contribution in [0.5, 0.6) is 0 Å². The normalized spacial score (nSPS) is 11.1. The molecule has 1 amide bonds. The Bertz CT molecular complexity index is 443. The lowest BCUT2D eigenvalue weighted by atomic mass is 10.2. The molecule has 1 rings (SSSR count). The van der Waals surface area contributed by atoms with E-state index in [0.29, 0.717) is 26.2 Å². The molecule has 0 spiro atoms. The molecular formula is C14H26N4O2. The number of aliphatic hydroxyl groups is 1. The summed E-state index contributed by atoms with van der Waals surface area (Å²) in [6, 6.07) is 0. The van der Waals surface area contributed by atoms with Crippen molar-refractivity contribution in [3.63, 3.8) is 0 Å². The molecule has 0 radical (unpaired) electrons. The van der Waals surface area contributed by atoms with Crippen LogP contribution in [0, 0.1) is 13.8 Å². The van der Waals surface area contributed by atoms with E-state index in [4.69, 9.17) is 5.11 Å². The predicted octanol–water partition coefficient (Wildman–Crippen LogP) is 0.450. The molecule has 0 unspecified atom stereocenters. The van der Waals surface area contributed by atoms with Crippen molar-refractivity contribution in [2.24, 2.45) is 0 Å². The van der Waals surface area contributed by atoms with Crippen molar-refractivity contribution in [1.82, 2.24) is 20.0 Å². The van der Waals surface area contributed by atoms with Crippen molar-refractivity contribution in [3.8, 4) is 0 Å². The average Bonchev–Trinajstić information content (AvgIpc) is 2.66. The lowest BCUT2D eigenvalue weighted by Gasteiger charge is -2.20. The van der Waals surface area contributed by atoms with Crippen LogP contribution in [0.3, 0.4) is 0 Å². The van der Waals surface area contributed by atoms with E-state index in [1.54, 1.807) is 0 Å². The number of aryl methyl sites for hydroxylation is 1. The first-order chi connectivity index (χ1) is 9.53. The second-order valence-electron chi connectivity index (χ2n) is 4.85. The second-order valence-corrected chi connectivity index (χ2v) is 4.85. The zero-order valence-corrected chi connectivity index (χ0v) is 12.9. The van der Waals surface area contributed by atoms with Gasteiger partial charge in [-0.1, -0.05) is 6.92 Å². The number of aliphatic hydroxyl groups excluding tert-OH is 1. The summed E-state index contributed by atoms with van der Waals surface area (Å²) in [6.07, 6.45) is 0. The molecule has 20 heavy (non-hydrogen) atoms. The minimum Gasteiger partial charge on any atom is -0.394 e. The Hall–Kier alpha value is -1.40. The van der Waals surface area contributed by atoms with Crippen molar-refractivity contribution < 1.29 is 9.90 Å². The van der Waals surface area contributed by atoms with Gasteiger partial charge in [0.05, 0.1) is 25.4 Å². The van der Waals surface area contributed by atoms with Gasteiger partial charge >= 0.3 is 0 Å². The highest BCUT2D eigenvalue weighted by atomic mass is 16.3. The Morgan fingerprint density at radius 1 is 1.40 bits per heavy atom. The summed E-state index contributed by atoms with van der Waals surface area (Å²) in [5, 5.41) is 16.3. The van der Waals surface area contributed by atoms with Gasteiger partial charge in [-0.2, -0.15) is 5.10 Å². The fraction of sp³-hybridized carbons (Fsp3) is 0.714. The minimum absolute atomic E-state index is 0.0485. The summed E-state index contributed by atoms with van der Waals surface area (Å²) in [7, 11) is 0. The Labute approximate surface area is 120 Å². The first kappa shape index (κ1) is 16.7. The van der Waals surface area contributed by atoms with Crippen LogP contribution in [0.2, 0.25) is 0 Å². The third kappa shape index (κ3) is 4.31. The molecule has 114 valence electrons. The van der Waals surface area contributed by atoms with Gasteiger partial charge in [0.2, 0.25) is 5.91 Å². The monoisotopic (exact) mass is 282 g/mol. The van der Waals surface area contributed by atoms with Crippen molar-refractivity contribution in [2.45, 2.75) is 40.8 Å². The molecule has 0 aliphatic rings. The van der Waals surface area contributed by atoms with Gasteiger partial charge in [0, 0.05) is 24.3 Å². The molecule has 0 saturated carbocycles. The van der Waals surface area contributed by atoms with E-state index in [0.717, 1.165) is 23.5 Å². The van der Waals surface area contributed by atoms with Crippen molar-refractivity contribution >= 4 is 5.91 Å². The van der Waals surface area contributed by atoms with Crippen molar-refractivity contribution in [3.05, 3.63) is 17.0 Å². The van der Waals surface area contributed by atoms with Gasteiger partial charge in [0.25, 0.3) is 0 Å². The number of hydrogen-bond donors (Lipinski definition) is 2. The second kappa shape index (κ2) is 8.01. The van der Waals surface area contributed by atoms with Gasteiger partial charge in [0.1, 0.15) is 0 Å². The van der Waals surface area contributed by atoms with E-state index in [-0.39, 0.29) is 12.5 Å². The van der Waals surface area contributed by atoms with E-state index in [9.17, 15) is 4.79 Å². The number of likely N-dealkylation sites (N-methyl/N-ethyl adjacent to an activating group) is 2. The molecule has 0 saturated heterocycles. The molecule has 0 bridgehead atoms. The predicted molar refractivity (Wildman–Crippen MR) is 78.4 cm³/mol. The van der Waals surface area contributed by atoms with E-state index in [1.807, 2.05) is 32.4 Å². The van der Waals surface area contributed by atoms with Crippen molar-refractivity contribution in [1.29, 1.82) is 0 Å². The number of carbonyl (C=O) groups is 1. The van der Waals surface area contributed by atoms with Crippen molar-refractivity contribution in [2.75, 3.05) is 26.2 Å². The fourth-order valence-electron chi connectivity index (χ4n) is 2.23.